The fourth-order valence-electron chi connectivity index (χ4n) is 1.85. The minimum absolute atomic E-state index is 0.0318. The third-order valence-corrected chi connectivity index (χ3v) is 4.34. The quantitative estimate of drug-likeness (QED) is 0.590. The lowest BCUT2D eigenvalue weighted by Crippen LogP contribution is -2.12. The molecule has 0 aromatic heterocycles. The van der Waals surface area contributed by atoms with E-state index in [0.29, 0.717) is 5.56 Å². The van der Waals surface area contributed by atoms with Gasteiger partial charge in [-0.1, -0.05) is 35.9 Å². The van der Waals surface area contributed by atoms with Gasteiger partial charge in [-0.05, 0) is 25.1 Å². The van der Waals surface area contributed by atoms with Crippen molar-refractivity contribution in [2.24, 2.45) is 0 Å². The second kappa shape index (κ2) is 7.62. The van der Waals surface area contributed by atoms with E-state index >= 15 is 0 Å². The number of ether oxygens (including phenoxy) is 1. The van der Waals surface area contributed by atoms with Crippen LogP contribution in [-0.2, 0) is 26.3 Å². The lowest BCUT2D eigenvalue weighted by atomic mass is 10.2. The normalized spacial score (nSPS) is 10.7. The Bertz CT molecular complexity index is 867. The van der Waals surface area contributed by atoms with E-state index in [1.807, 2.05) is 6.92 Å². The Kier molecular flexibility index (Phi) is 5.55. The zero-order chi connectivity index (χ0) is 17.6. The van der Waals surface area contributed by atoms with Crippen LogP contribution in [0.1, 0.15) is 17.5 Å². The van der Waals surface area contributed by atoms with Gasteiger partial charge in [-0.25, -0.2) is 0 Å². The highest BCUT2D eigenvalue weighted by Gasteiger charge is 2.18. The Morgan fingerprint density at radius 2 is 1.79 bits per heavy atom. The summed E-state index contributed by atoms with van der Waals surface area (Å²) in [5.74, 6) is -0.614. The number of carbonyl (C=O) groups is 1. The van der Waals surface area contributed by atoms with Crippen molar-refractivity contribution in [3.05, 3.63) is 59.7 Å². The van der Waals surface area contributed by atoms with Gasteiger partial charge in [0.05, 0.1) is 6.07 Å². The summed E-state index contributed by atoms with van der Waals surface area (Å²) in [5, 5.41) is 8.43. The Labute approximate surface area is 140 Å². The van der Waals surface area contributed by atoms with E-state index in [1.165, 1.54) is 18.2 Å². The van der Waals surface area contributed by atoms with Gasteiger partial charge < -0.3 is 8.92 Å². The predicted molar refractivity (Wildman–Crippen MR) is 85.5 cm³/mol. The topological polar surface area (TPSA) is 93.5 Å². The third-order valence-electron chi connectivity index (χ3n) is 3.09. The van der Waals surface area contributed by atoms with Crippen molar-refractivity contribution in [3.8, 4) is 11.8 Å². The van der Waals surface area contributed by atoms with E-state index in [0.717, 1.165) is 5.56 Å². The first-order chi connectivity index (χ1) is 11.4. The molecule has 0 unspecified atom stereocenters. The van der Waals surface area contributed by atoms with E-state index in [1.54, 1.807) is 36.4 Å². The summed E-state index contributed by atoms with van der Waals surface area (Å²) in [5.41, 5.74) is 1.32. The van der Waals surface area contributed by atoms with Crippen LogP contribution in [0.25, 0.3) is 0 Å². The lowest BCUT2D eigenvalue weighted by Gasteiger charge is -2.11. The molecule has 2 rings (SSSR count). The van der Waals surface area contributed by atoms with Crippen LogP contribution in [0.3, 0.4) is 0 Å². The van der Waals surface area contributed by atoms with E-state index in [9.17, 15) is 13.2 Å². The summed E-state index contributed by atoms with van der Waals surface area (Å²) in [4.78, 5) is 11.3. The van der Waals surface area contributed by atoms with Gasteiger partial charge in [-0.2, -0.15) is 13.7 Å². The number of para-hydroxylation sites is 1. The van der Waals surface area contributed by atoms with Crippen molar-refractivity contribution in [2.45, 2.75) is 24.8 Å². The van der Waals surface area contributed by atoms with Gasteiger partial charge in [0.2, 0.25) is 0 Å². The van der Waals surface area contributed by atoms with Crippen LogP contribution >= 0.6 is 0 Å². The Morgan fingerprint density at radius 3 is 2.46 bits per heavy atom. The van der Waals surface area contributed by atoms with Gasteiger partial charge >= 0.3 is 16.1 Å². The highest BCUT2D eigenvalue weighted by atomic mass is 32.2. The predicted octanol–water partition coefficient (Wildman–Crippen LogP) is 2.72. The molecule has 0 spiro atoms. The summed E-state index contributed by atoms with van der Waals surface area (Å²) < 4.78 is 34.7. The number of nitrogens with zero attached hydrogens (tertiary/aromatic N) is 1. The minimum Gasteiger partial charge on any atom is -0.460 e. The SMILES string of the molecule is Cc1ccc(S(=O)(=O)Oc2ccccc2COC(=O)CC#N)cc1. The molecule has 24 heavy (non-hydrogen) atoms. The minimum atomic E-state index is -3.99. The third kappa shape index (κ3) is 4.57. The summed E-state index contributed by atoms with van der Waals surface area (Å²) in [6.07, 6.45) is -0.370. The Morgan fingerprint density at radius 1 is 1.12 bits per heavy atom. The molecular weight excluding hydrogens is 330 g/mol. The van der Waals surface area contributed by atoms with Crippen LogP contribution in [-0.4, -0.2) is 14.4 Å². The first-order valence-corrected chi connectivity index (χ1v) is 8.45. The molecule has 0 atom stereocenters. The molecule has 0 saturated carbocycles. The number of carbonyl (C=O) groups excluding carboxylic acids is 1. The number of hydrogen-bond acceptors (Lipinski definition) is 6. The van der Waals surface area contributed by atoms with Crippen molar-refractivity contribution in [1.82, 2.24) is 0 Å². The molecule has 2 aromatic rings. The molecule has 0 amide bonds. The van der Waals surface area contributed by atoms with Gasteiger partial charge in [0, 0.05) is 5.56 Å². The van der Waals surface area contributed by atoms with Crippen molar-refractivity contribution in [1.29, 1.82) is 5.26 Å². The average Bonchev–Trinajstić information content (AvgIpc) is 2.54. The molecule has 0 bridgehead atoms. The fourth-order valence-corrected chi connectivity index (χ4v) is 2.81. The molecule has 7 heteroatoms. The van der Waals surface area contributed by atoms with E-state index in [2.05, 4.69) is 0 Å². The molecule has 0 fully saturated rings. The molecular formula is C17H15NO5S. The molecule has 0 radical (unpaired) electrons. The van der Waals surface area contributed by atoms with Gasteiger partial charge in [0.25, 0.3) is 0 Å². The Balaban J connectivity index is 2.19. The summed E-state index contributed by atoms with van der Waals surface area (Å²) >= 11 is 0. The largest absolute Gasteiger partial charge is 0.460 e. The highest BCUT2D eigenvalue weighted by molar-refractivity contribution is 7.87. The van der Waals surface area contributed by atoms with E-state index in [4.69, 9.17) is 14.2 Å². The molecule has 2 aromatic carbocycles. The zero-order valence-electron chi connectivity index (χ0n) is 12.9. The van der Waals surface area contributed by atoms with Crippen molar-refractivity contribution >= 4 is 16.1 Å². The maximum atomic E-state index is 12.3. The molecule has 0 saturated heterocycles. The standard InChI is InChI=1S/C17H15NO5S/c1-13-6-8-15(9-7-13)24(20,21)23-16-5-3-2-4-14(16)12-22-17(19)10-11-18/h2-9H,10,12H2,1H3. The van der Waals surface area contributed by atoms with E-state index in [-0.39, 0.29) is 23.7 Å². The molecule has 6 nitrogen and oxygen atoms in total. The maximum Gasteiger partial charge on any atom is 0.339 e. The van der Waals surface area contributed by atoms with Gasteiger partial charge in [-0.3, -0.25) is 4.79 Å². The molecule has 0 aliphatic rings. The van der Waals surface area contributed by atoms with Crippen molar-refractivity contribution in [3.63, 3.8) is 0 Å². The van der Waals surface area contributed by atoms with Crippen LogP contribution in [0.4, 0.5) is 0 Å². The molecule has 124 valence electrons. The first kappa shape index (κ1) is 17.5. The summed E-state index contributed by atoms with van der Waals surface area (Å²) in [6.45, 7) is 1.67. The second-order valence-corrected chi connectivity index (χ2v) is 6.50. The highest BCUT2D eigenvalue weighted by Crippen LogP contribution is 2.24. The average molecular weight is 345 g/mol. The van der Waals surface area contributed by atoms with Crippen molar-refractivity contribution < 1.29 is 22.1 Å². The van der Waals surface area contributed by atoms with Gasteiger partial charge in [-0.15, -0.1) is 0 Å². The zero-order valence-corrected chi connectivity index (χ0v) is 13.7. The molecule has 0 N–H and O–H groups in total. The number of hydrogen-bond donors (Lipinski definition) is 0. The van der Waals surface area contributed by atoms with Crippen LogP contribution in [0, 0.1) is 18.3 Å². The smallest absolute Gasteiger partial charge is 0.339 e. The number of nitriles is 1. The molecule has 0 heterocycles. The lowest BCUT2D eigenvalue weighted by molar-refractivity contribution is -0.143. The van der Waals surface area contributed by atoms with E-state index < -0.39 is 16.1 Å². The molecule has 0 aliphatic carbocycles. The summed E-state index contributed by atoms with van der Waals surface area (Å²) in [6, 6.07) is 14.3. The van der Waals surface area contributed by atoms with Crippen LogP contribution in [0.2, 0.25) is 0 Å². The number of rotatable bonds is 6. The van der Waals surface area contributed by atoms with Crippen molar-refractivity contribution in [2.75, 3.05) is 0 Å². The van der Waals surface area contributed by atoms with Gasteiger partial charge in [0.15, 0.2) is 0 Å². The van der Waals surface area contributed by atoms with Gasteiger partial charge in [0.1, 0.15) is 23.7 Å². The number of aryl methyl sites for hydroxylation is 1. The fraction of sp³-hybridized carbons (Fsp3) is 0.176. The summed E-state index contributed by atoms with van der Waals surface area (Å²) in [7, 11) is -3.99. The number of esters is 1. The first-order valence-electron chi connectivity index (χ1n) is 7.04. The monoisotopic (exact) mass is 345 g/mol. The van der Waals surface area contributed by atoms with Crippen LogP contribution in [0.15, 0.2) is 53.4 Å². The number of benzene rings is 2. The van der Waals surface area contributed by atoms with Crippen LogP contribution in [0.5, 0.6) is 5.75 Å². The maximum absolute atomic E-state index is 12.3. The molecule has 0 aliphatic heterocycles. The van der Waals surface area contributed by atoms with Crippen LogP contribution < -0.4 is 4.18 Å². The Hall–Kier alpha value is -2.85. The second-order valence-electron chi connectivity index (χ2n) is 4.95.